The van der Waals surface area contributed by atoms with Crippen LogP contribution in [0.25, 0.3) is 0 Å². The lowest BCUT2D eigenvalue weighted by Crippen LogP contribution is -2.46. The number of amides is 1. The summed E-state index contributed by atoms with van der Waals surface area (Å²) in [6.07, 6.45) is 3.83. The summed E-state index contributed by atoms with van der Waals surface area (Å²) in [5.74, 6) is -2.07. The highest BCUT2D eigenvalue weighted by Gasteiger charge is 2.35. The lowest BCUT2D eigenvalue weighted by molar-refractivity contribution is -0.146. The number of halogens is 2. The summed E-state index contributed by atoms with van der Waals surface area (Å²) >= 11 is 0. The second-order valence-electron chi connectivity index (χ2n) is 7.26. The maximum absolute atomic E-state index is 13.0. The minimum Gasteiger partial charge on any atom is -0.481 e. The highest BCUT2D eigenvalue weighted by atomic mass is 19.3. The lowest BCUT2D eigenvalue weighted by atomic mass is 9.85. The van der Waals surface area contributed by atoms with Gasteiger partial charge in [0.25, 0.3) is 0 Å². The van der Waals surface area contributed by atoms with Crippen LogP contribution in [0.15, 0.2) is 12.4 Å². The molecule has 2 aromatic heterocycles. The molecule has 1 aliphatic rings. The second kappa shape index (κ2) is 7.69. The number of carboxylic acids is 1. The minimum atomic E-state index is -2.77. The fourth-order valence-electron chi connectivity index (χ4n) is 3.78. The highest BCUT2D eigenvalue weighted by molar-refractivity contribution is 5.80. The number of rotatable bonds is 5. The standard InChI is InChI=1S/C18H23F2N5O3/c1-10-15(11(2)25(22-10)18(19)20)5-16(26)24-8-12(4-13(9-24)17(27)28)14-6-21-23(3)7-14/h6-7,12-13,18H,4-5,8-9H2,1-3H3,(H,27,28). The van der Waals surface area contributed by atoms with E-state index in [1.165, 1.54) is 11.8 Å². The molecule has 0 radical (unpaired) electrons. The van der Waals surface area contributed by atoms with Crippen LogP contribution in [0.3, 0.4) is 0 Å². The molecule has 2 aromatic rings. The average molecular weight is 395 g/mol. The molecule has 3 heterocycles. The number of piperidine rings is 1. The number of aliphatic carboxylic acids is 1. The quantitative estimate of drug-likeness (QED) is 0.835. The van der Waals surface area contributed by atoms with Crippen LogP contribution >= 0.6 is 0 Å². The number of nitrogens with zero attached hydrogens (tertiary/aromatic N) is 5. The summed E-state index contributed by atoms with van der Waals surface area (Å²) < 4.78 is 28.3. The Bertz CT molecular complexity index is 892. The predicted octanol–water partition coefficient (Wildman–Crippen LogP) is 1.89. The van der Waals surface area contributed by atoms with Gasteiger partial charge in [-0.1, -0.05) is 0 Å². The Morgan fingerprint density at radius 3 is 2.57 bits per heavy atom. The van der Waals surface area contributed by atoms with Crippen molar-refractivity contribution in [2.45, 2.75) is 39.2 Å². The number of carboxylic acid groups (broad SMARTS) is 1. The Morgan fingerprint density at radius 2 is 2.04 bits per heavy atom. The first kappa shape index (κ1) is 20.0. The number of alkyl halides is 2. The Balaban J connectivity index is 1.81. The molecule has 0 saturated carbocycles. The Labute approximate surface area is 160 Å². The molecule has 1 amide bonds. The van der Waals surface area contributed by atoms with Gasteiger partial charge >= 0.3 is 12.5 Å². The van der Waals surface area contributed by atoms with Crippen molar-refractivity contribution < 1.29 is 23.5 Å². The number of carbonyl (C=O) groups is 2. The van der Waals surface area contributed by atoms with Crippen molar-refractivity contribution in [2.24, 2.45) is 13.0 Å². The fourth-order valence-corrected chi connectivity index (χ4v) is 3.78. The summed E-state index contributed by atoms with van der Waals surface area (Å²) in [6.45, 7) is 0.789. The van der Waals surface area contributed by atoms with Crippen molar-refractivity contribution in [3.63, 3.8) is 0 Å². The number of aromatic nitrogens is 4. The van der Waals surface area contributed by atoms with Gasteiger partial charge in [0, 0.05) is 43.5 Å². The van der Waals surface area contributed by atoms with E-state index in [0.29, 0.717) is 28.9 Å². The molecule has 0 bridgehead atoms. The monoisotopic (exact) mass is 395 g/mol. The summed E-state index contributed by atoms with van der Waals surface area (Å²) in [7, 11) is 1.77. The molecule has 1 aliphatic heterocycles. The first-order chi connectivity index (χ1) is 13.2. The Hall–Kier alpha value is -2.78. The number of hydrogen-bond donors (Lipinski definition) is 1. The first-order valence-electron chi connectivity index (χ1n) is 8.99. The SMILES string of the molecule is Cc1nn(C(F)F)c(C)c1CC(=O)N1CC(C(=O)O)CC(c2cnn(C)c2)C1. The van der Waals surface area contributed by atoms with Gasteiger partial charge in [-0.15, -0.1) is 0 Å². The number of aryl methyl sites for hydroxylation is 2. The maximum atomic E-state index is 13.0. The molecule has 152 valence electrons. The predicted molar refractivity (Wildman–Crippen MR) is 94.9 cm³/mol. The summed E-state index contributed by atoms with van der Waals surface area (Å²) in [5.41, 5.74) is 1.96. The van der Waals surface area contributed by atoms with E-state index >= 15 is 0 Å². The van der Waals surface area contributed by atoms with Crippen LogP contribution in [0.1, 0.15) is 41.4 Å². The van der Waals surface area contributed by atoms with Crippen LogP contribution < -0.4 is 0 Å². The third-order valence-corrected chi connectivity index (χ3v) is 5.34. The van der Waals surface area contributed by atoms with Gasteiger partial charge in [-0.2, -0.15) is 19.0 Å². The molecular formula is C18H23F2N5O3. The lowest BCUT2D eigenvalue weighted by Gasteiger charge is -2.36. The van der Waals surface area contributed by atoms with E-state index in [1.807, 2.05) is 6.20 Å². The minimum absolute atomic E-state index is 0.0868. The van der Waals surface area contributed by atoms with Gasteiger partial charge in [0.1, 0.15) is 0 Å². The van der Waals surface area contributed by atoms with E-state index in [9.17, 15) is 23.5 Å². The normalized spacial score (nSPS) is 20.0. The van der Waals surface area contributed by atoms with E-state index in [4.69, 9.17) is 0 Å². The molecule has 0 aromatic carbocycles. The molecule has 28 heavy (non-hydrogen) atoms. The zero-order valence-electron chi connectivity index (χ0n) is 16.0. The van der Waals surface area contributed by atoms with E-state index in [0.717, 1.165) is 5.56 Å². The molecule has 0 aliphatic carbocycles. The van der Waals surface area contributed by atoms with Crippen LogP contribution in [-0.4, -0.2) is 54.5 Å². The highest BCUT2D eigenvalue weighted by Crippen LogP contribution is 2.31. The van der Waals surface area contributed by atoms with Crippen LogP contribution in [0, 0.1) is 19.8 Å². The van der Waals surface area contributed by atoms with Gasteiger partial charge in [0.05, 0.1) is 24.2 Å². The van der Waals surface area contributed by atoms with Gasteiger partial charge < -0.3 is 10.0 Å². The van der Waals surface area contributed by atoms with Crippen molar-refractivity contribution in [3.8, 4) is 0 Å². The molecule has 0 spiro atoms. The van der Waals surface area contributed by atoms with Crippen LogP contribution in [0.2, 0.25) is 0 Å². The molecule has 10 heteroatoms. The molecule has 3 rings (SSSR count). The van der Waals surface area contributed by atoms with Crippen molar-refractivity contribution >= 4 is 11.9 Å². The van der Waals surface area contributed by atoms with Gasteiger partial charge in [0.15, 0.2) is 0 Å². The summed E-state index contributed by atoms with van der Waals surface area (Å²) in [5, 5.41) is 17.4. The van der Waals surface area contributed by atoms with E-state index < -0.39 is 18.4 Å². The molecule has 1 saturated heterocycles. The van der Waals surface area contributed by atoms with Gasteiger partial charge in [-0.25, -0.2) is 4.68 Å². The summed E-state index contributed by atoms with van der Waals surface area (Å²) in [4.78, 5) is 26.0. The third kappa shape index (κ3) is 3.90. The van der Waals surface area contributed by atoms with E-state index in [1.54, 1.807) is 24.9 Å². The summed E-state index contributed by atoms with van der Waals surface area (Å²) in [6, 6.07) is 0. The second-order valence-corrected chi connectivity index (χ2v) is 7.26. The zero-order valence-corrected chi connectivity index (χ0v) is 16.0. The fraction of sp³-hybridized carbons (Fsp3) is 0.556. The van der Waals surface area contributed by atoms with Crippen molar-refractivity contribution in [3.05, 3.63) is 34.9 Å². The van der Waals surface area contributed by atoms with Crippen molar-refractivity contribution in [2.75, 3.05) is 13.1 Å². The molecule has 1 fully saturated rings. The third-order valence-electron chi connectivity index (χ3n) is 5.34. The number of likely N-dealkylation sites (tertiary alicyclic amines) is 1. The smallest absolute Gasteiger partial charge is 0.333 e. The van der Waals surface area contributed by atoms with Crippen molar-refractivity contribution in [1.82, 2.24) is 24.5 Å². The van der Waals surface area contributed by atoms with E-state index in [-0.39, 0.29) is 30.5 Å². The molecule has 2 atom stereocenters. The van der Waals surface area contributed by atoms with Crippen LogP contribution in [-0.2, 0) is 23.1 Å². The Morgan fingerprint density at radius 1 is 1.32 bits per heavy atom. The zero-order chi connectivity index (χ0) is 20.6. The Kier molecular flexibility index (Phi) is 5.48. The molecule has 8 nitrogen and oxygen atoms in total. The number of carbonyl (C=O) groups excluding carboxylic acids is 1. The topological polar surface area (TPSA) is 93.2 Å². The van der Waals surface area contributed by atoms with Gasteiger partial charge in [-0.05, 0) is 25.8 Å². The molecule has 1 N–H and O–H groups in total. The van der Waals surface area contributed by atoms with Crippen molar-refractivity contribution in [1.29, 1.82) is 0 Å². The maximum Gasteiger partial charge on any atom is 0.333 e. The number of hydrogen-bond acceptors (Lipinski definition) is 4. The first-order valence-corrected chi connectivity index (χ1v) is 8.99. The van der Waals surface area contributed by atoms with Gasteiger partial charge in [0.2, 0.25) is 5.91 Å². The van der Waals surface area contributed by atoms with Gasteiger partial charge in [-0.3, -0.25) is 14.3 Å². The molecular weight excluding hydrogens is 372 g/mol. The van der Waals surface area contributed by atoms with Crippen LogP contribution in [0.5, 0.6) is 0 Å². The largest absolute Gasteiger partial charge is 0.481 e. The van der Waals surface area contributed by atoms with Crippen LogP contribution in [0.4, 0.5) is 8.78 Å². The molecule has 2 unspecified atom stereocenters. The average Bonchev–Trinajstić information content (AvgIpc) is 3.19. The van der Waals surface area contributed by atoms with E-state index in [2.05, 4.69) is 10.2 Å².